The molecule has 0 unspecified atom stereocenters. The van der Waals surface area contributed by atoms with Gasteiger partial charge in [0.2, 0.25) is 0 Å². The van der Waals surface area contributed by atoms with Crippen LogP contribution in [0.3, 0.4) is 0 Å². The Bertz CT molecular complexity index is 1100. The molecule has 0 aliphatic rings. The van der Waals surface area contributed by atoms with E-state index in [0.29, 0.717) is 17.1 Å². The Morgan fingerprint density at radius 2 is 1.85 bits per heavy atom. The Balaban J connectivity index is 1.63. The Morgan fingerprint density at radius 3 is 2.58 bits per heavy atom. The predicted molar refractivity (Wildman–Crippen MR) is 97.2 cm³/mol. The summed E-state index contributed by atoms with van der Waals surface area (Å²) in [4.78, 5) is 22.4. The highest BCUT2D eigenvalue weighted by molar-refractivity contribution is 5.77. The highest BCUT2D eigenvalue weighted by Crippen LogP contribution is 2.27. The number of benzene rings is 2. The van der Waals surface area contributed by atoms with Gasteiger partial charge in [-0.3, -0.25) is 10.1 Å². The number of nitro benzene ring substituents is 1. The van der Waals surface area contributed by atoms with Gasteiger partial charge in [-0.15, -0.1) is 0 Å². The maximum atomic E-state index is 10.7. The fraction of sp³-hybridized carbons (Fsp3) is 0.0526. The molecule has 0 fully saturated rings. The van der Waals surface area contributed by atoms with Gasteiger partial charge in [-0.25, -0.2) is 9.97 Å². The van der Waals surface area contributed by atoms with Gasteiger partial charge in [0.25, 0.3) is 5.69 Å². The maximum absolute atomic E-state index is 10.7. The van der Waals surface area contributed by atoms with Gasteiger partial charge in [0.05, 0.1) is 16.6 Å². The summed E-state index contributed by atoms with van der Waals surface area (Å²) >= 11 is 0. The molecule has 0 saturated carbocycles. The molecule has 7 heteroatoms. The highest BCUT2D eigenvalue weighted by atomic mass is 16.6. The first kappa shape index (κ1) is 15.8. The number of H-pyrrole nitrogens is 1. The van der Waals surface area contributed by atoms with Crippen LogP contribution in [-0.2, 0) is 0 Å². The first-order valence-corrected chi connectivity index (χ1v) is 7.94. The average molecular weight is 346 g/mol. The van der Waals surface area contributed by atoms with E-state index in [1.54, 1.807) is 24.4 Å². The number of aromatic amines is 1. The van der Waals surface area contributed by atoms with E-state index in [4.69, 9.17) is 4.74 Å². The molecule has 0 bridgehead atoms. The first-order chi connectivity index (χ1) is 12.6. The van der Waals surface area contributed by atoms with Crippen LogP contribution in [0.2, 0.25) is 0 Å². The maximum Gasteiger partial charge on any atom is 0.269 e. The lowest BCUT2D eigenvalue weighted by molar-refractivity contribution is -0.384. The third kappa shape index (κ3) is 2.98. The van der Waals surface area contributed by atoms with Crippen LogP contribution < -0.4 is 4.74 Å². The van der Waals surface area contributed by atoms with Crippen LogP contribution >= 0.6 is 0 Å². The molecule has 0 saturated heterocycles. The van der Waals surface area contributed by atoms with Gasteiger partial charge in [-0.2, -0.15) is 0 Å². The smallest absolute Gasteiger partial charge is 0.269 e. The van der Waals surface area contributed by atoms with Crippen molar-refractivity contribution >= 4 is 16.9 Å². The minimum absolute atomic E-state index is 0.0161. The number of fused-ring (bicyclic) bond motifs is 1. The summed E-state index contributed by atoms with van der Waals surface area (Å²) in [7, 11) is 0. The standard InChI is InChI=1S/C19H14N4O3/c1-12-4-2-3-5-16(12)18-21-17-10-15(11-20-19(17)22-18)26-14-8-6-13(7-9-14)23(24)25/h2-11H,1H3,(H,20,21,22). The second kappa shape index (κ2) is 6.29. The highest BCUT2D eigenvalue weighted by Gasteiger charge is 2.10. The normalized spacial score (nSPS) is 10.8. The van der Waals surface area contributed by atoms with Crippen LogP contribution in [0.4, 0.5) is 5.69 Å². The average Bonchev–Trinajstić information content (AvgIpc) is 3.05. The predicted octanol–water partition coefficient (Wildman–Crippen LogP) is 4.63. The topological polar surface area (TPSA) is 93.9 Å². The molecule has 0 amide bonds. The zero-order valence-corrected chi connectivity index (χ0v) is 13.8. The lowest BCUT2D eigenvalue weighted by Gasteiger charge is -2.04. The molecular weight excluding hydrogens is 332 g/mol. The van der Waals surface area contributed by atoms with Gasteiger partial charge < -0.3 is 9.72 Å². The van der Waals surface area contributed by atoms with E-state index in [-0.39, 0.29) is 5.69 Å². The van der Waals surface area contributed by atoms with E-state index in [2.05, 4.69) is 15.0 Å². The number of non-ortho nitro benzene ring substituents is 1. The van der Waals surface area contributed by atoms with E-state index >= 15 is 0 Å². The fourth-order valence-electron chi connectivity index (χ4n) is 2.67. The van der Waals surface area contributed by atoms with Crippen molar-refractivity contribution in [2.45, 2.75) is 6.92 Å². The second-order valence-electron chi connectivity index (χ2n) is 5.80. The molecule has 128 valence electrons. The van der Waals surface area contributed by atoms with Gasteiger partial charge in [-0.1, -0.05) is 24.3 Å². The number of hydrogen-bond donors (Lipinski definition) is 1. The number of imidazole rings is 1. The van der Waals surface area contributed by atoms with Crippen molar-refractivity contribution in [2.24, 2.45) is 0 Å². The summed E-state index contributed by atoms with van der Waals surface area (Å²) in [6.07, 6.45) is 1.58. The Labute approximate surface area is 148 Å². The minimum atomic E-state index is -0.449. The van der Waals surface area contributed by atoms with Gasteiger partial charge in [0.1, 0.15) is 17.3 Å². The van der Waals surface area contributed by atoms with Crippen molar-refractivity contribution in [3.05, 3.63) is 76.5 Å². The van der Waals surface area contributed by atoms with Crippen molar-refractivity contribution in [2.75, 3.05) is 0 Å². The molecule has 0 aliphatic carbocycles. The van der Waals surface area contributed by atoms with Crippen molar-refractivity contribution in [1.82, 2.24) is 15.0 Å². The molecule has 0 radical (unpaired) electrons. The molecule has 26 heavy (non-hydrogen) atoms. The van der Waals surface area contributed by atoms with E-state index in [1.165, 1.54) is 12.1 Å². The molecule has 4 rings (SSSR count). The van der Waals surface area contributed by atoms with Gasteiger partial charge in [0.15, 0.2) is 5.65 Å². The summed E-state index contributed by atoms with van der Waals surface area (Å²) in [5, 5.41) is 10.7. The Morgan fingerprint density at radius 1 is 1.08 bits per heavy atom. The van der Waals surface area contributed by atoms with Crippen LogP contribution in [0.5, 0.6) is 11.5 Å². The van der Waals surface area contributed by atoms with E-state index in [1.807, 2.05) is 31.2 Å². The zero-order valence-electron chi connectivity index (χ0n) is 13.8. The SMILES string of the molecule is Cc1ccccc1-c1nc2ncc(Oc3ccc([N+](=O)[O-])cc3)cc2[nH]1. The number of aromatic nitrogens is 3. The van der Waals surface area contributed by atoms with E-state index in [0.717, 1.165) is 22.5 Å². The summed E-state index contributed by atoms with van der Waals surface area (Å²) in [5.41, 5.74) is 3.50. The monoisotopic (exact) mass is 346 g/mol. The summed E-state index contributed by atoms with van der Waals surface area (Å²) in [6.45, 7) is 2.03. The van der Waals surface area contributed by atoms with Crippen LogP contribution in [0.15, 0.2) is 60.8 Å². The molecule has 0 aliphatic heterocycles. The van der Waals surface area contributed by atoms with Crippen molar-refractivity contribution in [3.8, 4) is 22.9 Å². The molecule has 0 spiro atoms. The molecule has 0 atom stereocenters. The lowest BCUT2D eigenvalue weighted by Crippen LogP contribution is -1.89. The molecule has 2 aromatic heterocycles. The minimum Gasteiger partial charge on any atom is -0.456 e. The number of rotatable bonds is 4. The van der Waals surface area contributed by atoms with Crippen molar-refractivity contribution in [1.29, 1.82) is 0 Å². The first-order valence-electron chi connectivity index (χ1n) is 7.94. The molecule has 2 aromatic carbocycles. The number of nitrogens with one attached hydrogen (secondary N) is 1. The Hall–Kier alpha value is -3.74. The van der Waals surface area contributed by atoms with Crippen LogP contribution in [-0.4, -0.2) is 19.9 Å². The molecule has 2 heterocycles. The number of pyridine rings is 1. The molecular formula is C19H14N4O3. The summed E-state index contributed by atoms with van der Waals surface area (Å²) < 4.78 is 5.73. The Kier molecular flexibility index (Phi) is 3.81. The van der Waals surface area contributed by atoms with Gasteiger partial charge >= 0.3 is 0 Å². The van der Waals surface area contributed by atoms with E-state index < -0.39 is 4.92 Å². The van der Waals surface area contributed by atoms with E-state index in [9.17, 15) is 10.1 Å². The number of aryl methyl sites for hydroxylation is 1. The lowest BCUT2D eigenvalue weighted by atomic mass is 10.1. The third-order valence-corrected chi connectivity index (χ3v) is 4.00. The van der Waals surface area contributed by atoms with Gasteiger partial charge in [-0.05, 0) is 24.6 Å². The number of ether oxygens (including phenoxy) is 1. The van der Waals surface area contributed by atoms with Crippen LogP contribution in [0, 0.1) is 17.0 Å². The number of hydrogen-bond acceptors (Lipinski definition) is 5. The van der Waals surface area contributed by atoms with Crippen LogP contribution in [0.1, 0.15) is 5.56 Å². The third-order valence-electron chi connectivity index (χ3n) is 4.00. The molecule has 1 N–H and O–H groups in total. The summed E-state index contributed by atoms with van der Waals surface area (Å²) in [6, 6.07) is 15.7. The van der Waals surface area contributed by atoms with Gasteiger partial charge in [0, 0.05) is 23.8 Å². The largest absolute Gasteiger partial charge is 0.456 e. The van der Waals surface area contributed by atoms with Crippen molar-refractivity contribution < 1.29 is 9.66 Å². The summed E-state index contributed by atoms with van der Waals surface area (Å²) in [5.74, 6) is 1.76. The molecule has 4 aromatic rings. The quantitative estimate of drug-likeness (QED) is 0.429. The fourth-order valence-corrected chi connectivity index (χ4v) is 2.67. The number of nitro groups is 1. The van der Waals surface area contributed by atoms with Crippen molar-refractivity contribution in [3.63, 3.8) is 0 Å². The van der Waals surface area contributed by atoms with Crippen LogP contribution in [0.25, 0.3) is 22.6 Å². The second-order valence-corrected chi connectivity index (χ2v) is 5.80. The molecule has 7 nitrogen and oxygen atoms in total. The number of nitrogens with zero attached hydrogens (tertiary/aromatic N) is 3. The zero-order chi connectivity index (χ0) is 18.1.